The zero-order valence-corrected chi connectivity index (χ0v) is 4.31. The van der Waals surface area contributed by atoms with Gasteiger partial charge in [0.2, 0.25) is 0 Å². The second kappa shape index (κ2) is 1.93. The van der Waals surface area contributed by atoms with Gasteiger partial charge in [0.1, 0.15) is 6.33 Å². The molecule has 0 aromatic carbocycles. The van der Waals surface area contributed by atoms with Crippen molar-refractivity contribution in [1.29, 1.82) is 0 Å². The average Bonchev–Trinajstić information content (AvgIpc) is 2.14. The maximum absolute atomic E-state index is 5.32. The first kappa shape index (κ1) is 4.59. The van der Waals surface area contributed by atoms with Crippen LogP contribution in [0, 0.1) is 0 Å². The number of H-pyrrole nitrogens is 1. The molecule has 1 aromatic heterocycles. The second-order valence-electron chi connectivity index (χ2n) is 1.05. The topological polar surface area (TPSA) is 41.6 Å². The Morgan fingerprint density at radius 1 is 1.86 bits per heavy atom. The highest BCUT2D eigenvalue weighted by molar-refractivity contribution is 6.16. The molecule has 1 heterocycles. The Hall–Kier alpha value is -0.570. The summed E-state index contributed by atoms with van der Waals surface area (Å²) < 4.78 is 0. The van der Waals surface area contributed by atoms with Crippen molar-refractivity contribution in [3.05, 3.63) is 12.2 Å². The third kappa shape index (κ3) is 0.899. The number of nitrogens with zero attached hydrogens (tertiary/aromatic N) is 2. The predicted octanol–water partition coefficient (Wildman–Crippen LogP) is 0.543. The van der Waals surface area contributed by atoms with Crippen LogP contribution >= 0.6 is 11.6 Å². The van der Waals surface area contributed by atoms with Gasteiger partial charge in [-0.3, -0.25) is 5.10 Å². The lowest BCUT2D eigenvalue weighted by Gasteiger charge is -1.73. The fraction of sp³-hybridized carbons (Fsp3) is 0.333. The van der Waals surface area contributed by atoms with Gasteiger partial charge in [0.15, 0.2) is 5.82 Å². The lowest BCUT2D eigenvalue weighted by atomic mass is 10.7. The molecule has 0 unspecified atom stereocenters. The molecule has 3 nitrogen and oxygen atoms in total. The molecule has 0 amide bonds. The molecule has 4 heteroatoms. The summed E-state index contributed by atoms with van der Waals surface area (Å²) in [5.74, 6) is 1.02. The number of halogens is 1. The van der Waals surface area contributed by atoms with E-state index < -0.39 is 0 Å². The molecule has 7 heavy (non-hydrogen) atoms. The molecule has 38 valence electrons. The first-order valence-electron chi connectivity index (χ1n) is 1.84. The van der Waals surface area contributed by atoms with Gasteiger partial charge in [-0.1, -0.05) is 0 Å². The van der Waals surface area contributed by atoms with Crippen molar-refractivity contribution in [2.75, 3.05) is 0 Å². The van der Waals surface area contributed by atoms with Crippen molar-refractivity contribution in [2.24, 2.45) is 0 Å². The zero-order chi connectivity index (χ0) is 5.11. The van der Waals surface area contributed by atoms with Gasteiger partial charge < -0.3 is 0 Å². The van der Waals surface area contributed by atoms with E-state index in [4.69, 9.17) is 11.6 Å². The standard InChI is InChI=1S/C3H4ClN3/c4-1-3-5-2-6-7-3/h2H,1H2,(H,5,6,7). The highest BCUT2D eigenvalue weighted by Crippen LogP contribution is 1.88. The van der Waals surface area contributed by atoms with E-state index in [2.05, 4.69) is 15.2 Å². The van der Waals surface area contributed by atoms with Crippen LogP contribution in [0.2, 0.25) is 0 Å². The van der Waals surface area contributed by atoms with Gasteiger partial charge in [0, 0.05) is 0 Å². The van der Waals surface area contributed by atoms with Gasteiger partial charge in [-0.05, 0) is 0 Å². The summed E-state index contributed by atoms with van der Waals surface area (Å²) in [5, 5.41) is 6.20. The summed E-state index contributed by atoms with van der Waals surface area (Å²) in [6.45, 7) is 0. The third-order valence-corrected chi connectivity index (χ3v) is 0.823. The molecule has 0 saturated carbocycles. The van der Waals surface area contributed by atoms with E-state index in [0.717, 1.165) is 0 Å². The van der Waals surface area contributed by atoms with Crippen LogP contribution in [0.15, 0.2) is 6.33 Å². The summed E-state index contributed by atoms with van der Waals surface area (Å²) in [4.78, 5) is 3.74. The van der Waals surface area contributed by atoms with Crippen molar-refractivity contribution in [1.82, 2.24) is 15.2 Å². The minimum Gasteiger partial charge on any atom is -0.266 e. The third-order valence-electron chi connectivity index (χ3n) is 0.584. The number of aromatic nitrogens is 3. The average molecular weight is 118 g/mol. The Morgan fingerprint density at radius 3 is 3.00 bits per heavy atom. The normalized spacial score (nSPS) is 9.29. The molecule has 1 rings (SSSR count). The molecule has 0 aliphatic heterocycles. The fourth-order valence-electron chi connectivity index (χ4n) is 0.300. The van der Waals surface area contributed by atoms with E-state index in [-0.39, 0.29) is 0 Å². The molecular weight excluding hydrogens is 114 g/mol. The van der Waals surface area contributed by atoms with Crippen LogP contribution in [0.1, 0.15) is 5.82 Å². The molecule has 0 aliphatic rings. The van der Waals surface area contributed by atoms with Crippen LogP contribution in [-0.4, -0.2) is 15.2 Å². The van der Waals surface area contributed by atoms with E-state index in [9.17, 15) is 0 Å². The lowest BCUT2D eigenvalue weighted by molar-refractivity contribution is 1.02. The molecule has 0 fully saturated rings. The summed E-state index contributed by atoms with van der Waals surface area (Å²) in [5.41, 5.74) is 0. The summed E-state index contributed by atoms with van der Waals surface area (Å²) in [6, 6.07) is 0. The number of rotatable bonds is 1. The first-order chi connectivity index (χ1) is 3.43. The van der Waals surface area contributed by atoms with Crippen LogP contribution in [0.3, 0.4) is 0 Å². The second-order valence-corrected chi connectivity index (χ2v) is 1.32. The molecule has 0 spiro atoms. The van der Waals surface area contributed by atoms with Gasteiger partial charge in [0.25, 0.3) is 0 Å². The maximum Gasteiger partial charge on any atom is 0.165 e. The number of nitrogens with one attached hydrogen (secondary N) is 1. The molecular formula is C3H4ClN3. The minimum absolute atomic E-state index is 0.378. The SMILES string of the molecule is ClCc1nc[nH]n1. The number of aromatic amines is 1. The quantitative estimate of drug-likeness (QED) is 0.546. The van der Waals surface area contributed by atoms with Crippen LogP contribution in [0.4, 0.5) is 0 Å². The van der Waals surface area contributed by atoms with Crippen LogP contribution in [0.25, 0.3) is 0 Å². The smallest absolute Gasteiger partial charge is 0.165 e. The first-order valence-corrected chi connectivity index (χ1v) is 2.37. The summed E-state index contributed by atoms with van der Waals surface area (Å²) >= 11 is 5.32. The fourth-order valence-corrected chi connectivity index (χ4v) is 0.429. The Morgan fingerprint density at radius 2 is 2.71 bits per heavy atom. The highest BCUT2D eigenvalue weighted by atomic mass is 35.5. The van der Waals surface area contributed by atoms with Crippen molar-refractivity contribution >= 4 is 11.6 Å². The van der Waals surface area contributed by atoms with Crippen molar-refractivity contribution in [3.63, 3.8) is 0 Å². The van der Waals surface area contributed by atoms with Gasteiger partial charge in [-0.25, -0.2) is 4.98 Å². The van der Waals surface area contributed by atoms with Crippen LogP contribution < -0.4 is 0 Å². The van der Waals surface area contributed by atoms with Crippen molar-refractivity contribution in [2.45, 2.75) is 5.88 Å². The number of hydrogen-bond acceptors (Lipinski definition) is 2. The molecule has 0 atom stereocenters. The van der Waals surface area contributed by atoms with Gasteiger partial charge >= 0.3 is 0 Å². The lowest BCUT2D eigenvalue weighted by Crippen LogP contribution is -1.77. The van der Waals surface area contributed by atoms with Crippen molar-refractivity contribution in [3.8, 4) is 0 Å². The minimum atomic E-state index is 0.378. The molecule has 0 aliphatic carbocycles. The summed E-state index contributed by atoms with van der Waals surface area (Å²) in [7, 11) is 0. The summed E-state index contributed by atoms with van der Waals surface area (Å²) in [6.07, 6.45) is 1.50. The Kier molecular flexibility index (Phi) is 1.26. The van der Waals surface area contributed by atoms with Gasteiger partial charge in [-0.15, -0.1) is 11.6 Å². The Balaban J connectivity index is 2.76. The zero-order valence-electron chi connectivity index (χ0n) is 3.56. The van der Waals surface area contributed by atoms with E-state index in [1.165, 1.54) is 6.33 Å². The molecule has 0 radical (unpaired) electrons. The predicted molar refractivity (Wildman–Crippen MR) is 25.9 cm³/mol. The molecule has 0 saturated heterocycles. The van der Waals surface area contributed by atoms with Gasteiger partial charge in [0.05, 0.1) is 5.88 Å². The number of hydrogen-bond donors (Lipinski definition) is 1. The van der Waals surface area contributed by atoms with E-state index in [1.807, 2.05) is 0 Å². The number of alkyl halides is 1. The van der Waals surface area contributed by atoms with Crippen LogP contribution in [0.5, 0.6) is 0 Å². The Labute approximate surface area is 45.7 Å². The van der Waals surface area contributed by atoms with E-state index in [0.29, 0.717) is 11.7 Å². The van der Waals surface area contributed by atoms with E-state index >= 15 is 0 Å². The van der Waals surface area contributed by atoms with Gasteiger partial charge in [-0.2, -0.15) is 5.10 Å². The largest absolute Gasteiger partial charge is 0.266 e. The highest BCUT2D eigenvalue weighted by Gasteiger charge is 1.87. The molecule has 1 N–H and O–H groups in total. The van der Waals surface area contributed by atoms with E-state index in [1.54, 1.807) is 0 Å². The van der Waals surface area contributed by atoms with Crippen molar-refractivity contribution < 1.29 is 0 Å². The monoisotopic (exact) mass is 117 g/mol. The molecule has 1 aromatic rings. The molecule has 0 bridgehead atoms. The maximum atomic E-state index is 5.32. The van der Waals surface area contributed by atoms with Crippen LogP contribution in [-0.2, 0) is 5.88 Å². The Bertz CT molecular complexity index is 125.